The third-order valence-electron chi connectivity index (χ3n) is 9.72. The average molecular weight is 743 g/mol. The fraction of sp³-hybridized carbons (Fsp3) is 0.850. The fourth-order valence-electron chi connectivity index (χ4n) is 6.61. The molecule has 10 heteroatoms. The molecule has 0 aromatic heterocycles. The number of carbonyl (C=O) groups excluding carboxylic acids is 2. The normalized spacial score (nSPS) is 13.6. The van der Waals surface area contributed by atoms with Gasteiger partial charge in [0.2, 0.25) is 0 Å². The van der Waals surface area contributed by atoms with Crippen LogP contribution in [0.4, 0.5) is 0 Å². The molecule has 0 heterocycles. The molecule has 0 fully saturated rings. The van der Waals surface area contributed by atoms with Crippen molar-refractivity contribution in [2.24, 2.45) is 5.92 Å². The average Bonchev–Trinajstić information content (AvgIpc) is 3.03. The van der Waals surface area contributed by atoms with Crippen LogP contribution in [0.15, 0.2) is 24.3 Å². The first-order valence-corrected chi connectivity index (χ1v) is 21.3. The molecule has 0 aliphatic rings. The van der Waals surface area contributed by atoms with Crippen molar-refractivity contribution >= 4 is 22.1 Å². The molecule has 0 rings (SSSR count). The monoisotopic (exact) mass is 742 g/mol. The van der Waals surface area contributed by atoms with Gasteiger partial charge in [-0.3, -0.25) is 4.55 Å². The predicted octanol–water partition coefficient (Wildman–Crippen LogP) is 3.59. The van der Waals surface area contributed by atoms with E-state index in [2.05, 4.69) is 38.2 Å². The van der Waals surface area contributed by atoms with Gasteiger partial charge in [0.25, 0.3) is 10.1 Å². The van der Waals surface area contributed by atoms with Gasteiger partial charge in [0, 0.05) is 11.9 Å². The summed E-state index contributed by atoms with van der Waals surface area (Å²) in [5, 5.41) is 24.3. The van der Waals surface area contributed by atoms with Crippen molar-refractivity contribution in [3.05, 3.63) is 24.3 Å². The number of allylic oxidation sites excluding steroid dienone is 4. The van der Waals surface area contributed by atoms with Crippen molar-refractivity contribution in [1.29, 1.82) is 0 Å². The molecule has 0 aliphatic heterocycles. The van der Waals surface area contributed by atoms with Gasteiger partial charge in [0.05, 0.1) is 5.97 Å². The van der Waals surface area contributed by atoms with Crippen LogP contribution in [-0.4, -0.2) is 29.7 Å². The Hall–Kier alpha value is 0.330. The first-order valence-electron chi connectivity index (χ1n) is 19.8. The summed E-state index contributed by atoms with van der Waals surface area (Å²) in [6.07, 6.45) is 37.7. The zero-order valence-electron chi connectivity index (χ0n) is 32.9. The van der Waals surface area contributed by atoms with E-state index >= 15 is 0 Å². The summed E-state index contributed by atoms with van der Waals surface area (Å²) in [7, 11) is -5.26. The van der Waals surface area contributed by atoms with E-state index in [1.54, 1.807) is 0 Å². The van der Waals surface area contributed by atoms with Crippen LogP contribution in [0.1, 0.15) is 206 Å². The molecule has 7 nitrogen and oxygen atoms in total. The van der Waals surface area contributed by atoms with E-state index in [1.165, 1.54) is 77.0 Å². The quantitative estimate of drug-likeness (QED) is 0.0449. The van der Waals surface area contributed by atoms with Crippen LogP contribution in [0, 0.1) is 5.92 Å². The summed E-state index contributed by atoms with van der Waals surface area (Å²) in [6, 6.07) is 0. The fourth-order valence-corrected chi connectivity index (χ4v) is 7.79. The Labute approximate surface area is 352 Å². The number of unbranched alkanes of at least 4 members (excludes halogenated alkanes) is 24. The van der Waals surface area contributed by atoms with Gasteiger partial charge in [0.1, 0.15) is 4.75 Å². The van der Waals surface area contributed by atoms with Crippen LogP contribution < -0.4 is 69.3 Å². The molecule has 0 radical (unpaired) electrons. The summed E-state index contributed by atoms with van der Waals surface area (Å²) in [5.74, 6) is -5.69. The number of carbonyl (C=O) groups is 2. The summed E-state index contributed by atoms with van der Waals surface area (Å²) in [6.45, 7) is 4.46. The minimum absolute atomic E-state index is 0. The van der Waals surface area contributed by atoms with Gasteiger partial charge in [-0.15, -0.1) is 0 Å². The van der Waals surface area contributed by atoms with Gasteiger partial charge in [-0.25, -0.2) is 0 Å². The molecule has 0 bridgehead atoms. The van der Waals surface area contributed by atoms with Crippen LogP contribution in [0.5, 0.6) is 0 Å². The molecule has 0 amide bonds. The topological polar surface area (TPSA) is 135 Å². The van der Waals surface area contributed by atoms with Gasteiger partial charge in [0.15, 0.2) is 0 Å². The summed E-state index contributed by atoms with van der Waals surface area (Å²) < 4.78 is 32.0. The number of hydrogen-bond acceptors (Lipinski definition) is 6. The van der Waals surface area contributed by atoms with Crippen LogP contribution in [0.3, 0.4) is 0 Å². The van der Waals surface area contributed by atoms with Gasteiger partial charge in [-0.2, -0.15) is 8.42 Å². The maximum Gasteiger partial charge on any atom is 1.00 e. The molecule has 0 saturated heterocycles. The second kappa shape index (κ2) is 37.6. The van der Waals surface area contributed by atoms with Crippen LogP contribution >= 0.6 is 0 Å². The van der Waals surface area contributed by atoms with Crippen molar-refractivity contribution in [3.8, 4) is 0 Å². The Balaban J connectivity index is -0.0000110. The molecule has 282 valence electrons. The van der Waals surface area contributed by atoms with Crippen molar-refractivity contribution in [2.75, 3.05) is 0 Å². The van der Waals surface area contributed by atoms with Gasteiger partial charge in [-0.1, -0.05) is 167 Å². The number of carboxylic acids is 2. The Bertz CT molecular complexity index is 955. The van der Waals surface area contributed by atoms with Gasteiger partial charge >= 0.3 is 59.1 Å². The van der Waals surface area contributed by atoms with Crippen LogP contribution in [0.25, 0.3) is 0 Å². The summed E-state index contributed by atoms with van der Waals surface area (Å²) in [4.78, 5) is 24.3. The summed E-state index contributed by atoms with van der Waals surface area (Å²) in [5.41, 5.74) is 0. The maximum absolute atomic E-state index is 12.4. The van der Waals surface area contributed by atoms with Crippen LogP contribution in [0.2, 0.25) is 0 Å². The summed E-state index contributed by atoms with van der Waals surface area (Å²) >= 11 is 0. The van der Waals surface area contributed by atoms with Crippen LogP contribution in [-0.2, 0) is 19.7 Å². The Kier molecular flexibility index (Phi) is 41.2. The third-order valence-corrected chi connectivity index (χ3v) is 11.3. The first kappa shape index (κ1) is 54.7. The number of aliphatic carboxylic acids is 2. The van der Waals surface area contributed by atoms with Gasteiger partial charge < -0.3 is 19.8 Å². The number of hydrogen-bond donors (Lipinski definition) is 1. The molecular weight excluding hydrogens is 670 g/mol. The molecule has 0 aliphatic carbocycles. The molecule has 0 aromatic rings. The van der Waals surface area contributed by atoms with Gasteiger partial charge in [-0.05, 0) is 64.2 Å². The van der Waals surface area contributed by atoms with Crippen molar-refractivity contribution in [2.45, 2.75) is 211 Å². The standard InChI is InChI=1S/C40H74O7S.2Na/c1-3-5-7-9-11-13-15-17-19-21-23-25-27-29-31-33-35-37(38(41)42)40(39(43)44,48(45,46)47)36-34-32-30-28-26-24-22-20-18-16-14-12-10-8-6-4-2;;/h17-20,37H,3-16,21-36H2,1-2H3,(H,41,42)(H,43,44)(H,45,46,47);;/q;2*+1/p-2/b19-17-,20-18-;;. The molecule has 50 heavy (non-hydrogen) atoms. The van der Waals surface area contributed by atoms with Crippen molar-refractivity contribution in [3.63, 3.8) is 0 Å². The minimum atomic E-state index is -5.26. The largest absolute Gasteiger partial charge is 1.00 e. The Morgan fingerprint density at radius 1 is 0.540 bits per heavy atom. The van der Waals surface area contributed by atoms with E-state index < -0.39 is 39.1 Å². The molecule has 0 aromatic carbocycles. The van der Waals surface area contributed by atoms with E-state index in [-0.39, 0.29) is 72.0 Å². The van der Waals surface area contributed by atoms with E-state index in [0.29, 0.717) is 19.3 Å². The second-order valence-electron chi connectivity index (χ2n) is 13.9. The molecule has 0 spiro atoms. The Morgan fingerprint density at radius 3 is 1.14 bits per heavy atom. The SMILES string of the molecule is CCCCCCCC/C=C\CCCCCCCCC(C(=O)[O-])C(CCCCCCCC/C=C\CCCCCCCC)(C(=O)[O-])S(=O)(=O)O.[Na+].[Na+]. The molecule has 1 N–H and O–H groups in total. The smallest absolute Gasteiger partial charge is 0.550 e. The molecule has 2 unspecified atom stereocenters. The zero-order chi connectivity index (χ0) is 35.8. The van der Waals surface area contributed by atoms with E-state index in [4.69, 9.17) is 0 Å². The van der Waals surface area contributed by atoms with E-state index in [9.17, 15) is 32.8 Å². The zero-order valence-corrected chi connectivity index (χ0v) is 37.7. The minimum Gasteiger partial charge on any atom is -0.550 e. The Morgan fingerprint density at radius 2 is 0.840 bits per heavy atom. The molecular formula is C40H72Na2O7S. The number of carboxylic acid groups (broad SMARTS) is 2. The van der Waals surface area contributed by atoms with Crippen molar-refractivity contribution in [1.82, 2.24) is 0 Å². The van der Waals surface area contributed by atoms with E-state index in [1.807, 2.05) is 0 Å². The molecule has 2 atom stereocenters. The predicted molar refractivity (Wildman–Crippen MR) is 196 cm³/mol. The first-order chi connectivity index (χ1) is 23.1. The number of rotatable bonds is 36. The second-order valence-corrected chi connectivity index (χ2v) is 15.6. The maximum atomic E-state index is 12.4. The van der Waals surface area contributed by atoms with E-state index in [0.717, 1.165) is 77.0 Å². The molecule has 0 saturated carbocycles. The third kappa shape index (κ3) is 27.9. The van der Waals surface area contributed by atoms with Crippen molar-refractivity contribution < 1.29 is 91.9 Å².